The van der Waals surface area contributed by atoms with Crippen LogP contribution in [0.2, 0.25) is 10.0 Å². The molecule has 0 spiro atoms. The summed E-state index contributed by atoms with van der Waals surface area (Å²) < 4.78 is 0. The van der Waals surface area contributed by atoms with Crippen molar-refractivity contribution in [1.29, 1.82) is 0 Å². The molecule has 3 saturated heterocycles. The van der Waals surface area contributed by atoms with E-state index >= 15 is 0 Å². The molecule has 2 amide bonds. The van der Waals surface area contributed by atoms with E-state index in [0.717, 1.165) is 75.6 Å². The quantitative estimate of drug-likeness (QED) is 0.313. The molecule has 0 aliphatic carbocycles. The number of amides is 2. The molecule has 12 heteroatoms. The van der Waals surface area contributed by atoms with E-state index < -0.39 is 0 Å². The highest BCUT2D eigenvalue weighted by molar-refractivity contribution is 6.43. The van der Waals surface area contributed by atoms with Crippen LogP contribution in [0.1, 0.15) is 56.9 Å². The average molecular weight is 638 g/mol. The molecule has 6 rings (SSSR count). The van der Waals surface area contributed by atoms with Gasteiger partial charge in [-0.15, -0.1) is 0 Å². The predicted octanol–water partition coefficient (Wildman–Crippen LogP) is 4.81. The Bertz CT molecular complexity index is 1540. The SMILES string of the molecule is CC1(NCC2CCN(c3cc(C4CCC(=O)NC4=O)ccn3)CC2)CCN(c2cnc(-c3cccc(Cl)c3Cl)c(N)n2)CC1. The van der Waals surface area contributed by atoms with E-state index in [1.807, 2.05) is 24.3 Å². The first-order valence-electron chi connectivity index (χ1n) is 15.3. The van der Waals surface area contributed by atoms with Crippen molar-refractivity contribution in [2.24, 2.45) is 5.92 Å². The van der Waals surface area contributed by atoms with Gasteiger partial charge >= 0.3 is 0 Å². The first-order valence-corrected chi connectivity index (χ1v) is 16.1. The summed E-state index contributed by atoms with van der Waals surface area (Å²) in [5, 5.41) is 7.22. The summed E-state index contributed by atoms with van der Waals surface area (Å²) in [5.74, 6) is 1.91. The Morgan fingerprint density at radius 3 is 2.50 bits per heavy atom. The Morgan fingerprint density at radius 2 is 1.77 bits per heavy atom. The van der Waals surface area contributed by atoms with Gasteiger partial charge in [-0.3, -0.25) is 14.9 Å². The Kier molecular flexibility index (Phi) is 8.94. The second kappa shape index (κ2) is 12.9. The highest BCUT2D eigenvalue weighted by Gasteiger charge is 2.32. The van der Waals surface area contributed by atoms with Gasteiger partial charge in [0, 0.05) is 49.9 Å². The lowest BCUT2D eigenvalue weighted by Gasteiger charge is -2.42. The fourth-order valence-corrected chi connectivity index (χ4v) is 6.83. The van der Waals surface area contributed by atoms with E-state index in [9.17, 15) is 9.59 Å². The molecule has 44 heavy (non-hydrogen) atoms. The number of imide groups is 1. The number of carbonyl (C=O) groups is 2. The molecule has 4 N–H and O–H groups in total. The number of nitrogens with two attached hydrogens (primary N) is 1. The minimum atomic E-state index is -0.292. The van der Waals surface area contributed by atoms with Crippen molar-refractivity contribution >= 4 is 52.5 Å². The van der Waals surface area contributed by atoms with Gasteiger partial charge in [0.2, 0.25) is 11.8 Å². The molecule has 2 aromatic heterocycles. The molecule has 0 radical (unpaired) electrons. The number of nitrogen functional groups attached to an aromatic ring is 1. The molecule has 232 valence electrons. The van der Waals surface area contributed by atoms with Crippen LogP contribution in [0, 0.1) is 5.92 Å². The van der Waals surface area contributed by atoms with E-state index in [-0.39, 0.29) is 23.3 Å². The van der Waals surface area contributed by atoms with Crippen molar-refractivity contribution in [2.75, 3.05) is 48.3 Å². The van der Waals surface area contributed by atoms with E-state index in [0.29, 0.717) is 45.9 Å². The van der Waals surface area contributed by atoms with Crippen LogP contribution in [0.25, 0.3) is 11.3 Å². The van der Waals surface area contributed by atoms with Gasteiger partial charge in [0.05, 0.1) is 22.2 Å². The smallest absolute Gasteiger partial charge is 0.234 e. The maximum atomic E-state index is 12.4. The highest BCUT2D eigenvalue weighted by atomic mass is 35.5. The van der Waals surface area contributed by atoms with Crippen LogP contribution in [0.4, 0.5) is 17.5 Å². The molecule has 0 bridgehead atoms. The molecule has 1 unspecified atom stereocenters. The largest absolute Gasteiger partial charge is 0.382 e. The summed E-state index contributed by atoms with van der Waals surface area (Å²) in [6.45, 7) is 6.88. The lowest BCUT2D eigenvalue weighted by Crippen LogP contribution is -2.53. The number of rotatable bonds is 7. The maximum absolute atomic E-state index is 12.4. The van der Waals surface area contributed by atoms with Gasteiger partial charge in [-0.05, 0) is 75.3 Å². The molecule has 3 aromatic rings. The van der Waals surface area contributed by atoms with E-state index in [2.05, 4.69) is 42.3 Å². The Morgan fingerprint density at radius 1 is 1.02 bits per heavy atom. The average Bonchev–Trinajstić information content (AvgIpc) is 3.02. The standard InChI is InChI=1S/C32H38Cl2N8O2/c1-32(10-15-42(16-11-32)26-19-37-29(30(35)39-26)23-3-2-4-24(33)28(23)34)38-18-20-8-13-41(14-9-20)25-17-21(7-12-36-25)22-5-6-27(43)40-31(22)44/h2-4,7,12,17,19-20,22,38H,5-6,8-11,13-16,18H2,1H3,(H2,35,39)(H,40,43,44). The predicted molar refractivity (Wildman–Crippen MR) is 174 cm³/mol. The van der Waals surface area contributed by atoms with Gasteiger partial charge in [0.1, 0.15) is 17.3 Å². The zero-order valence-corrected chi connectivity index (χ0v) is 26.4. The fraction of sp³-hybridized carbons (Fsp3) is 0.469. The summed E-state index contributed by atoms with van der Waals surface area (Å²) in [6.07, 6.45) is 8.61. The van der Waals surface area contributed by atoms with Crippen molar-refractivity contribution < 1.29 is 9.59 Å². The number of nitrogens with zero attached hydrogens (tertiary/aromatic N) is 5. The fourth-order valence-electron chi connectivity index (χ4n) is 6.44. The lowest BCUT2D eigenvalue weighted by molar-refractivity contribution is -0.134. The molecule has 1 aromatic carbocycles. The van der Waals surface area contributed by atoms with Crippen molar-refractivity contribution in [1.82, 2.24) is 25.6 Å². The minimum Gasteiger partial charge on any atom is -0.382 e. The maximum Gasteiger partial charge on any atom is 0.234 e. The Balaban J connectivity index is 0.983. The van der Waals surface area contributed by atoms with Crippen molar-refractivity contribution in [2.45, 2.75) is 56.9 Å². The number of hydrogen-bond acceptors (Lipinski definition) is 9. The van der Waals surface area contributed by atoms with Gasteiger partial charge in [-0.1, -0.05) is 35.3 Å². The monoisotopic (exact) mass is 636 g/mol. The number of hydrogen-bond donors (Lipinski definition) is 3. The summed E-state index contributed by atoms with van der Waals surface area (Å²) in [7, 11) is 0. The molecule has 0 saturated carbocycles. The third-order valence-corrected chi connectivity index (χ3v) is 10.2. The van der Waals surface area contributed by atoms with Crippen LogP contribution in [-0.2, 0) is 9.59 Å². The molecule has 3 aliphatic heterocycles. The van der Waals surface area contributed by atoms with Crippen LogP contribution in [0.15, 0.2) is 42.7 Å². The summed E-state index contributed by atoms with van der Waals surface area (Å²) in [4.78, 5) is 42.3. The summed E-state index contributed by atoms with van der Waals surface area (Å²) >= 11 is 12.6. The Labute approximate surface area is 267 Å². The number of halogens is 2. The second-order valence-corrected chi connectivity index (χ2v) is 13.2. The van der Waals surface area contributed by atoms with Crippen LogP contribution in [-0.4, -0.2) is 65.0 Å². The van der Waals surface area contributed by atoms with Crippen molar-refractivity contribution in [3.05, 3.63) is 58.3 Å². The topological polar surface area (TPSA) is 129 Å². The number of carbonyl (C=O) groups excluding carboxylic acids is 2. The molecule has 1 atom stereocenters. The molecule has 3 fully saturated rings. The molecular formula is C32H38Cl2N8O2. The number of pyridine rings is 1. The van der Waals surface area contributed by atoms with Gasteiger partial charge in [0.25, 0.3) is 0 Å². The van der Waals surface area contributed by atoms with Crippen molar-refractivity contribution in [3.63, 3.8) is 0 Å². The van der Waals surface area contributed by atoms with Gasteiger partial charge in [-0.2, -0.15) is 0 Å². The molecule has 5 heterocycles. The van der Waals surface area contributed by atoms with Crippen LogP contribution in [0.5, 0.6) is 0 Å². The van der Waals surface area contributed by atoms with Gasteiger partial charge in [0.15, 0.2) is 5.82 Å². The first kappa shape index (κ1) is 30.6. The summed E-state index contributed by atoms with van der Waals surface area (Å²) in [5.41, 5.74) is 8.51. The van der Waals surface area contributed by atoms with Crippen LogP contribution >= 0.6 is 23.2 Å². The number of nitrogens with one attached hydrogen (secondary N) is 2. The van der Waals surface area contributed by atoms with E-state index in [1.165, 1.54) is 0 Å². The normalized spacial score (nSPS) is 20.9. The second-order valence-electron chi connectivity index (χ2n) is 12.4. The zero-order valence-electron chi connectivity index (χ0n) is 24.9. The van der Waals surface area contributed by atoms with Crippen LogP contribution in [0.3, 0.4) is 0 Å². The van der Waals surface area contributed by atoms with Crippen molar-refractivity contribution in [3.8, 4) is 11.3 Å². The third kappa shape index (κ3) is 6.62. The number of anilines is 3. The number of benzene rings is 1. The number of aromatic nitrogens is 3. The first-order chi connectivity index (χ1) is 21.2. The zero-order chi connectivity index (χ0) is 30.8. The molecular weight excluding hydrogens is 599 g/mol. The van der Waals surface area contributed by atoms with Gasteiger partial charge < -0.3 is 20.9 Å². The van der Waals surface area contributed by atoms with Gasteiger partial charge in [-0.25, -0.2) is 15.0 Å². The van der Waals surface area contributed by atoms with Crippen LogP contribution < -0.4 is 26.2 Å². The lowest BCUT2D eigenvalue weighted by atomic mass is 9.88. The Hall–Kier alpha value is -3.47. The highest BCUT2D eigenvalue weighted by Crippen LogP contribution is 2.36. The van der Waals surface area contributed by atoms with E-state index in [4.69, 9.17) is 28.9 Å². The molecule has 3 aliphatic rings. The minimum absolute atomic E-state index is 0.0543. The number of piperidine rings is 3. The third-order valence-electron chi connectivity index (χ3n) is 9.35. The molecule has 10 nitrogen and oxygen atoms in total. The summed E-state index contributed by atoms with van der Waals surface area (Å²) in [6, 6.07) is 9.30. The van der Waals surface area contributed by atoms with E-state index in [1.54, 1.807) is 18.5 Å².